The Morgan fingerprint density at radius 2 is 0.981 bits per heavy atom. The number of hydrogen-bond acceptors (Lipinski definition) is 8. The number of carbonyl (C=O) groups is 4. The van der Waals surface area contributed by atoms with Crippen LogP contribution in [0.2, 0.25) is 10.0 Å². The molecule has 0 radical (unpaired) electrons. The lowest BCUT2D eigenvalue weighted by molar-refractivity contribution is 0.0467. The summed E-state index contributed by atoms with van der Waals surface area (Å²) in [6.07, 6.45) is 3.19. The van der Waals surface area contributed by atoms with Gasteiger partial charge in [0.2, 0.25) is 0 Å². The van der Waals surface area contributed by atoms with Gasteiger partial charge in [-0.2, -0.15) is 10.2 Å². The van der Waals surface area contributed by atoms with E-state index < -0.39 is 0 Å². The maximum Gasteiger partial charge on any atom is 0.276 e. The molecule has 284 valence electrons. The van der Waals surface area contributed by atoms with Crippen molar-refractivity contribution in [3.63, 3.8) is 0 Å². The summed E-state index contributed by atoms with van der Waals surface area (Å²) in [4.78, 5) is 57.5. The second-order valence-electron chi connectivity index (χ2n) is 13.0. The third kappa shape index (κ3) is 10.5. The minimum Gasteiger partial charge on any atom is -0.332 e. The van der Waals surface area contributed by atoms with Gasteiger partial charge in [0, 0.05) is 89.0 Å². The van der Waals surface area contributed by atoms with Crippen molar-refractivity contribution in [3.05, 3.63) is 105 Å². The molecule has 0 bridgehead atoms. The van der Waals surface area contributed by atoms with Gasteiger partial charge in [0.15, 0.2) is 23.0 Å². The lowest BCUT2D eigenvalue weighted by Gasteiger charge is -2.39. The number of halogens is 5. The number of carbonyl (C=O) groups excluding carboxylic acids is 4. The molecule has 53 heavy (non-hydrogen) atoms. The predicted octanol–water partition coefficient (Wildman–Crippen LogP) is 4.91. The Morgan fingerprint density at radius 3 is 1.26 bits per heavy atom. The number of aryl methyl sites for hydroxylation is 2. The molecule has 2 saturated heterocycles. The molecule has 2 amide bonds. The quantitative estimate of drug-likeness (QED) is 0.232. The van der Waals surface area contributed by atoms with Gasteiger partial charge in [-0.15, -0.1) is 12.4 Å². The summed E-state index contributed by atoms with van der Waals surface area (Å²) in [5.41, 5.74) is 1.46. The van der Waals surface area contributed by atoms with E-state index in [0.29, 0.717) is 60.4 Å². The second kappa shape index (κ2) is 18.2. The number of aromatic nitrogens is 4. The number of rotatable bonds is 8. The van der Waals surface area contributed by atoms with Crippen LogP contribution in [0.5, 0.6) is 0 Å². The number of nitrogens with zero attached hydrogens (tertiary/aromatic N) is 8. The van der Waals surface area contributed by atoms with Crippen molar-refractivity contribution in [1.29, 1.82) is 0 Å². The first kappa shape index (κ1) is 41.5. The van der Waals surface area contributed by atoms with Crippen LogP contribution in [0.25, 0.3) is 0 Å². The highest BCUT2D eigenvalue weighted by Gasteiger charge is 2.33. The van der Waals surface area contributed by atoms with Gasteiger partial charge in [0.1, 0.15) is 11.6 Å². The van der Waals surface area contributed by atoms with E-state index in [4.69, 9.17) is 23.2 Å². The van der Waals surface area contributed by atoms with Gasteiger partial charge in [-0.1, -0.05) is 23.2 Å². The monoisotopic (exact) mass is 792 g/mol. The zero-order chi connectivity index (χ0) is 37.7. The van der Waals surface area contributed by atoms with E-state index in [0.717, 1.165) is 0 Å². The van der Waals surface area contributed by atoms with E-state index in [2.05, 4.69) is 10.2 Å². The number of Topliss-reactive ketones (excluding diaryl/α,β-unsaturated/α-hetero) is 2. The first-order valence-electron chi connectivity index (χ1n) is 16.7. The van der Waals surface area contributed by atoms with Gasteiger partial charge >= 0.3 is 0 Å². The smallest absolute Gasteiger partial charge is 0.276 e. The molecule has 2 atom stereocenters. The minimum absolute atomic E-state index is 0. The molecule has 0 spiro atoms. The van der Waals surface area contributed by atoms with Crippen molar-refractivity contribution in [2.75, 3.05) is 52.4 Å². The Hall–Kier alpha value is -4.21. The fourth-order valence-electron chi connectivity index (χ4n) is 6.30. The maximum atomic E-state index is 13.0. The standard InChI is InChI=1S/2C18H20ClFN4O2.ClH/c2*1-12-9-23(11-16(25)13-3-5-14(20)6-4-13)7-8-24(12)18(26)17-15(19)10-22(2)21-17;/h2*3-6,10,12H,7-9,11H2,1-2H3;1H/t2*12-;/m00./s1. The molecule has 2 aromatic carbocycles. The Bertz CT molecular complexity index is 1780. The molecule has 17 heteroatoms. The van der Waals surface area contributed by atoms with Crippen molar-refractivity contribution < 1.29 is 28.0 Å². The zero-order valence-electron chi connectivity index (χ0n) is 29.7. The van der Waals surface area contributed by atoms with Crippen LogP contribution < -0.4 is 0 Å². The summed E-state index contributed by atoms with van der Waals surface area (Å²) in [7, 11) is 3.43. The maximum absolute atomic E-state index is 13.0. The Labute approximate surface area is 322 Å². The largest absolute Gasteiger partial charge is 0.332 e. The SMILES string of the molecule is C[C@H]1CN(CC(=O)c2ccc(F)cc2)CCN1C(=O)c1nn(C)cc1Cl.C[C@H]1CN(CC(=O)c2ccc(F)cc2)CCN1C(=O)c1nn(C)cc1Cl.Cl. The highest BCUT2D eigenvalue weighted by atomic mass is 35.5. The van der Waals surface area contributed by atoms with Crippen LogP contribution in [0.15, 0.2) is 60.9 Å². The summed E-state index contributed by atoms with van der Waals surface area (Å²) in [5, 5.41) is 8.92. The van der Waals surface area contributed by atoms with Crippen LogP contribution in [0.1, 0.15) is 55.5 Å². The summed E-state index contributed by atoms with van der Waals surface area (Å²) in [6.45, 7) is 7.62. The molecule has 4 heterocycles. The van der Waals surface area contributed by atoms with Crippen LogP contribution in [-0.2, 0) is 14.1 Å². The van der Waals surface area contributed by atoms with E-state index in [9.17, 15) is 28.0 Å². The summed E-state index contributed by atoms with van der Waals surface area (Å²) < 4.78 is 29.0. The number of amides is 2. The van der Waals surface area contributed by atoms with Gasteiger partial charge < -0.3 is 9.80 Å². The zero-order valence-corrected chi connectivity index (χ0v) is 32.0. The van der Waals surface area contributed by atoms with Gasteiger partial charge in [0.05, 0.1) is 23.1 Å². The highest BCUT2D eigenvalue weighted by molar-refractivity contribution is 6.33. The second-order valence-corrected chi connectivity index (χ2v) is 13.8. The Balaban J connectivity index is 0.000000232. The van der Waals surface area contributed by atoms with Crippen LogP contribution >= 0.6 is 35.6 Å². The fourth-order valence-corrected chi connectivity index (χ4v) is 6.82. The third-order valence-corrected chi connectivity index (χ3v) is 9.54. The fraction of sp³-hybridized carbons (Fsp3) is 0.389. The molecule has 2 aliphatic rings. The molecule has 2 fully saturated rings. The molecule has 2 aromatic heterocycles. The molecule has 4 aromatic rings. The summed E-state index contributed by atoms with van der Waals surface area (Å²) in [5.74, 6) is -1.26. The van der Waals surface area contributed by atoms with Crippen LogP contribution in [0.3, 0.4) is 0 Å². The highest BCUT2D eigenvalue weighted by Crippen LogP contribution is 2.21. The minimum atomic E-state index is -0.365. The van der Waals surface area contributed by atoms with Gasteiger partial charge in [0.25, 0.3) is 11.8 Å². The molecule has 0 aliphatic carbocycles. The number of benzene rings is 2. The summed E-state index contributed by atoms with van der Waals surface area (Å²) >= 11 is 12.1. The normalized spacial score (nSPS) is 17.8. The molecule has 0 N–H and O–H groups in total. The Morgan fingerprint density at radius 1 is 0.642 bits per heavy atom. The molecular formula is C36H41Cl3F2N8O4. The number of piperazine rings is 2. The van der Waals surface area contributed by atoms with Crippen molar-refractivity contribution in [1.82, 2.24) is 39.2 Å². The first-order chi connectivity index (χ1) is 24.7. The lowest BCUT2D eigenvalue weighted by atomic mass is 10.1. The predicted molar refractivity (Wildman–Crippen MR) is 199 cm³/mol. The average molecular weight is 794 g/mol. The number of ketones is 2. The average Bonchev–Trinajstić information content (AvgIpc) is 3.63. The van der Waals surface area contributed by atoms with Crippen molar-refractivity contribution in [2.24, 2.45) is 14.1 Å². The van der Waals surface area contributed by atoms with Crippen molar-refractivity contribution in [3.8, 4) is 0 Å². The van der Waals surface area contributed by atoms with Crippen LogP contribution in [0.4, 0.5) is 8.78 Å². The van der Waals surface area contributed by atoms with Crippen molar-refractivity contribution >= 4 is 59.0 Å². The van der Waals surface area contributed by atoms with E-state index in [-0.39, 0.29) is 84.0 Å². The molecule has 2 aliphatic heterocycles. The Kier molecular flexibility index (Phi) is 14.3. The lowest BCUT2D eigenvalue weighted by Crippen LogP contribution is -2.55. The topological polar surface area (TPSA) is 117 Å². The summed E-state index contributed by atoms with van der Waals surface area (Å²) in [6, 6.07) is 10.9. The molecule has 12 nitrogen and oxygen atoms in total. The van der Waals surface area contributed by atoms with Gasteiger partial charge in [-0.3, -0.25) is 38.3 Å². The first-order valence-corrected chi connectivity index (χ1v) is 17.5. The van der Waals surface area contributed by atoms with Crippen molar-refractivity contribution in [2.45, 2.75) is 25.9 Å². The van der Waals surface area contributed by atoms with E-state index >= 15 is 0 Å². The van der Waals surface area contributed by atoms with E-state index in [1.807, 2.05) is 23.6 Å². The molecule has 6 rings (SSSR count). The molecule has 0 unspecified atom stereocenters. The van der Waals surface area contributed by atoms with Crippen LogP contribution in [0, 0.1) is 11.6 Å². The number of hydrogen-bond donors (Lipinski definition) is 0. The third-order valence-electron chi connectivity index (χ3n) is 8.99. The molecule has 0 saturated carbocycles. The van der Waals surface area contributed by atoms with Gasteiger partial charge in [-0.05, 0) is 62.4 Å². The van der Waals surface area contributed by atoms with E-state index in [1.54, 1.807) is 36.3 Å². The van der Waals surface area contributed by atoms with E-state index in [1.165, 1.54) is 57.9 Å². The van der Waals surface area contributed by atoms with Gasteiger partial charge in [-0.25, -0.2) is 8.78 Å². The van der Waals surface area contributed by atoms with Crippen LogP contribution in [-0.4, -0.2) is 127 Å². The molecular weight excluding hydrogens is 753 g/mol.